The van der Waals surface area contributed by atoms with Crippen molar-refractivity contribution in [1.82, 2.24) is 31.9 Å². The lowest BCUT2D eigenvalue weighted by atomic mass is 9.91. The fraction of sp³-hybridized carbons (Fsp3) is 0.396. The Morgan fingerprint density at radius 2 is 0.722 bits per heavy atom. The minimum absolute atomic E-state index is 0.0404. The highest BCUT2D eigenvalue weighted by Crippen LogP contribution is 2.16. The Kier molecular flexibility index (Phi) is 23.2. The van der Waals surface area contributed by atoms with Crippen molar-refractivity contribution in [2.75, 3.05) is 0 Å². The number of rotatable bonds is 28. The number of alkyl carbamates (subject to hydrolysis) is 2. The van der Waals surface area contributed by atoms with Gasteiger partial charge in [-0.15, -0.1) is 0 Å². The second kappa shape index (κ2) is 29.4. The summed E-state index contributed by atoms with van der Waals surface area (Å²) in [4.78, 5) is 107. The number of aliphatic hydroxyl groups is 1. The van der Waals surface area contributed by atoms with Gasteiger partial charge in [-0.3, -0.25) is 28.8 Å². The number of aliphatic hydroxyl groups excluding tert-OH is 1. The average molecular weight is 993 g/mol. The molecule has 0 aliphatic rings. The third-order valence-corrected chi connectivity index (χ3v) is 11.2. The summed E-state index contributed by atoms with van der Waals surface area (Å²) in [7, 11) is 0. The van der Waals surface area contributed by atoms with Gasteiger partial charge in [0, 0.05) is 0 Å². The number of ether oxygens (including phenoxy) is 2. The molecule has 4 aromatic rings. The number of primary amides is 2. The summed E-state index contributed by atoms with van der Waals surface area (Å²) in [6.45, 7) is 7.14. The largest absolute Gasteiger partial charge is 0.445 e. The second-order valence-corrected chi connectivity index (χ2v) is 18.3. The van der Waals surface area contributed by atoms with Gasteiger partial charge in [0.2, 0.25) is 35.4 Å². The van der Waals surface area contributed by atoms with E-state index < -0.39 is 103 Å². The van der Waals surface area contributed by atoms with Gasteiger partial charge in [-0.2, -0.15) is 0 Å². The zero-order chi connectivity index (χ0) is 52.6. The molecule has 19 heteroatoms. The predicted octanol–water partition coefficient (Wildman–Crippen LogP) is 3.20. The van der Waals surface area contributed by atoms with E-state index in [-0.39, 0.29) is 50.7 Å². The number of nitrogens with one attached hydrogen (secondary N) is 6. The fourth-order valence-corrected chi connectivity index (χ4v) is 7.68. The van der Waals surface area contributed by atoms with E-state index in [1.165, 1.54) is 0 Å². The minimum Gasteiger partial charge on any atom is -0.445 e. The van der Waals surface area contributed by atoms with Crippen molar-refractivity contribution in [3.63, 3.8) is 0 Å². The molecule has 4 aromatic carbocycles. The predicted molar refractivity (Wildman–Crippen MR) is 268 cm³/mol. The topological polar surface area (TPSA) is 299 Å². The summed E-state index contributed by atoms with van der Waals surface area (Å²) >= 11 is 0. The molecule has 72 heavy (non-hydrogen) atoms. The van der Waals surface area contributed by atoms with E-state index in [4.69, 9.17) is 20.9 Å². The van der Waals surface area contributed by atoms with Crippen LogP contribution in [-0.4, -0.2) is 95.1 Å². The minimum atomic E-state index is -1.64. The smallest absolute Gasteiger partial charge is 0.408 e. The summed E-state index contributed by atoms with van der Waals surface area (Å²) in [5, 5.41) is 28.1. The Morgan fingerprint density at radius 3 is 1.01 bits per heavy atom. The van der Waals surface area contributed by atoms with Crippen molar-refractivity contribution in [2.24, 2.45) is 23.3 Å². The zero-order valence-electron chi connectivity index (χ0n) is 41.1. The van der Waals surface area contributed by atoms with Crippen LogP contribution in [0.3, 0.4) is 0 Å². The Balaban J connectivity index is 1.60. The Bertz CT molecular complexity index is 2210. The Morgan fingerprint density at radius 1 is 0.431 bits per heavy atom. The maximum Gasteiger partial charge on any atom is 0.408 e. The number of hydrogen-bond acceptors (Lipinski definition) is 11. The highest BCUT2D eigenvalue weighted by atomic mass is 16.6. The third-order valence-electron chi connectivity index (χ3n) is 11.2. The molecule has 0 fully saturated rings. The van der Waals surface area contributed by atoms with Gasteiger partial charge in [0.15, 0.2) is 0 Å². The van der Waals surface area contributed by atoms with Gasteiger partial charge < -0.3 is 57.9 Å². The van der Waals surface area contributed by atoms with E-state index in [2.05, 4.69) is 31.9 Å². The normalized spacial score (nSPS) is 13.9. The van der Waals surface area contributed by atoms with Crippen molar-refractivity contribution in [2.45, 2.75) is 122 Å². The number of carbonyl (C=O) groups excluding carboxylic acids is 8. The van der Waals surface area contributed by atoms with Gasteiger partial charge in [0.1, 0.15) is 37.4 Å². The first kappa shape index (κ1) is 56.8. The molecule has 0 aromatic heterocycles. The van der Waals surface area contributed by atoms with Crippen molar-refractivity contribution in [3.05, 3.63) is 144 Å². The molecule has 0 radical (unpaired) electrons. The number of hydrogen-bond donors (Lipinski definition) is 9. The van der Waals surface area contributed by atoms with Crippen LogP contribution in [0.5, 0.6) is 0 Å². The highest BCUT2D eigenvalue weighted by Gasteiger charge is 2.37. The van der Waals surface area contributed by atoms with Crippen LogP contribution in [0.15, 0.2) is 121 Å². The van der Waals surface area contributed by atoms with Gasteiger partial charge in [0.05, 0.1) is 31.0 Å². The molecule has 2 unspecified atom stereocenters. The van der Waals surface area contributed by atoms with Crippen molar-refractivity contribution < 1.29 is 52.9 Å². The van der Waals surface area contributed by atoms with Gasteiger partial charge in [-0.25, -0.2) is 9.59 Å². The van der Waals surface area contributed by atoms with Crippen LogP contribution in [0.4, 0.5) is 9.59 Å². The van der Waals surface area contributed by atoms with E-state index >= 15 is 0 Å². The van der Waals surface area contributed by atoms with E-state index in [1.54, 1.807) is 109 Å². The Labute approximate surface area is 419 Å². The van der Waals surface area contributed by atoms with E-state index in [0.29, 0.717) is 22.3 Å². The van der Waals surface area contributed by atoms with Crippen LogP contribution in [0, 0.1) is 11.8 Å². The van der Waals surface area contributed by atoms with E-state index in [1.807, 2.05) is 39.8 Å². The lowest BCUT2D eigenvalue weighted by molar-refractivity contribution is -0.134. The molecule has 0 aliphatic heterocycles. The molecule has 0 bridgehead atoms. The molecule has 4 rings (SSSR count). The maximum atomic E-state index is 14.3. The number of nitrogens with two attached hydrogens (primary N) is 2. The van der Waals surface area contributed by atoms with E-state index in [0.717, 1.165) is 0 Å². The quantitative estimate of drug-likeness (QED) is 0.0398. The molecule has 6 atom stereocenters. The SMILES string of the molecule is CC(C)C[C@H](NC(=O)OCc1ccccc1)C(=O)N[C@@H](CC(N)=O)C(=O)NC(Cc1ccccc1)C(O)C(Cc1ccccc1)NC(=O)[C@H](CC(N)=O)NC(=O)[C@H](CC(C)C)NC(=O)OCc1ccccc1. The van der Waals surface area contributed by atoms with Crippen molar-refractivity contribution in [1.29, 1.82) is 0 Å². The highest BCUT2D eigenvalue weighted by molar-refractivity contribution is 5.95. The molecule has 11 N–H and O–H groups in total. The first-order chi connectivity index (χ1) is 34.4. The molecular weight excluding hydrogens is 925 g/mol. The van der Waals surface area contributed by atoms with E-state index in [9.17, 15) is 43.5 Å². The molecule has 0 heterocycles. The molecule has 0 spiro atoms. The van der Waals surface area contributed by atoms with Crippen LogP contribution in [0.25, 0.3) is 0 Å². The van der Waals surface area contributed by atoms with Crippen molar-refractivity contribution in [3.8, 4) is 0 Å². The van der Waals surface area contributed by atoms with Gasteiger partial charge in [0.25, 0.3) is 0 Å². The first-order valence-electron chi connectivity index (χ1n) is 23.8. The average Bonchev–Trinajstić information content (AvgIpc) is 3.34. The lowest BCUT2D eigenvalue weighted by Gasteiger charge is -2.34. The monoisotopic (exact) mass is 993 g/mol. The Hall–Kier alpha value is -7.80. The van der Waals surface area contributed by atoms with Crippen LogP contribution in [-0.2, 0) is 64.3 Å². The van der Waals surface area contributed by atoms with Gasteiger partial charge in [-0.1, -0.05) is 149 Å². The maximum absolute atomic E-state index is 14.3. The number of benzene rings is 4. The fourth-order valence-electron chi connectivity index (χ4n) is 7.68. The van der Waals surface area contributed by atoms with Crippen LogP contribution < -0.4 is 43.4 Å². The third kappa shape index (κ3) is 20.7. The molecule has 0 aliphatic carbocycles. The molecule has 19 nitrogen and oxygen atoms in total. The van der Waals surface area contributed by atoms with Crippen LogP contribution in [0.1, 0.15) is 75.6 Å². The van der Waals surface area contributed by atoms with Crippen LogP contribution in [0.2, 0.25) is 0 Å². The molecule has 386 valence electrons. The summed E-state index contributed by atoms with van der Waals surface area (Å²) in [6, 6.07) is 27.2. The summed E-state index contributed by atoms with van der Waals surface area (Å²) in [5.41, 5.74) is 13.9. The number of amides is 8. The van der Waals surface area contributed by atoms with Crippen LogP contribution >= 0.6 is 0 Å². The standard InChI is InChI=1S/C53H68N8O11/c1-33(2)25-41(60-52(69)71-31-37-21-13-7-14-22-37)48(65)58-43(29-45(54)62)50(67)56-39(27-35-17-9-5-10-18-35)47(64)40(28-36-19-11-6-12-20-36)57-51(68)44(30-46(55)63)59-49(66)42(26-34(3)4)61-53(70)72-32-38-23-15-8-16-24-38/h5-24,33-34,39-44,47,64H,25-32H2,1-4H3,(H2,54,62)(H2,55,63)(H,56,67)(H,57,68)(H,58,65)(H,59,66)(H,60,69)(H,61,70)/t39?,40?,41-,42-,43-,44-,47?/m0/s1. The second-order valence-electron chi connectivity index (χ2n) is 18.3. The molecule has 0 saturated carbocycles. The summed E-state index contributed by atoms with van der Waals surface area (Å²) < 4.78 is 10.7. The lowest BCUT2D eigenvalue weighted by Crippen LogP contribution is -2.62. The van der Waals surface area contributed by atoms with Gasteiger partial charge in [-0.05, 0) is 59.8 Å². The van der Waals surface area contributed by atoms with Gasteiger partial charge >= 0.3 is 12.2 Å². The summed E-state index contributed by atoms with van der Waals surface area (Å²) in [5.74, 6) is -5.61. The van der Waals surface area contributed by atoms with Crippen molar-refractivity contribution >= 4 is 47.6 Å². The molecular formula is C53H68N8O11. The molecule has 0 saturated heterocycles. The zero-order valence-corrected chi connectivity index (χ0v) is 41.1. The molecule has 8 amide bonds. The number of carbonyl (C=O) groups is 8. The first-order valence-corrected chi connectivity index (χ1v) is 23.8. The summed E-state index contributed by atoms with van der Waals surface area (Å²) in [6.07, 6.45) is -4.60.